The third kappa shape index (κ3) is 2.83. The topological polar surface area (TPSA) is 50.1 Å². The van der Waals surface area contributed by atoms with E-state index in [2.05, 4.69) is 21.8 Å². The van der Waals surface area contributed by atoms with Crippen LogP contribution in [-0.4, -0.2) is 14.7 Å². The molecule has 0 amide bonds. The first-order valence-corrected chi connectivity index (χ1v) is 6.23. The van der Waals surface area contributed by atoms with Gasteiger partial charge in [-0.05, 0) is 25.0 Å². The summed E-state index contributed by atoms with van der Waals surface area (Å²) in [7, 11) is 0. The van der Waals surface area contributed by atoms with E-state index in [0.717, 1.165) is 29.9 Å². The van der Waals surface area contributed by atoms with Gasteiger partial charge >= 0.3 is 0 Å². The molecule has 4 nitrogen and oxygen atoms in total. The maximum absolute atomic E-state index is 9.64. The Morgan fingerprint density at radius 2 is 2.22 bits per heavy atom. The minimum absolute atomic E-state index is 0.321. The second kappa shape index (κ2) is 5.58. The van der Waals surface area contributed by atoms with Gasteiger partial charge in [-0.15, -0.1) is 0 Å². The van der Waals surface area contributed by atoms with Crippen molar-refractivity contribution in [3.05, 3.63) is 42.0 Å². The third-order valence-electron chi connectivity index (χ3n) is 2.95. The van der Waals surface area contributed by atoms with E-state index >= 15 is 0 Å². The number of hydrogen-bond donors (Lipinski definition) is 2. The second-order valence-electron chi connectivity index (χ2n) is 4.43. The number of imidazole rings is 1. The van der Waals surface area contributed by atoms with Crippen molar-refractivity contribution in [2.24, 2.45) is 0 Å². The normalized spacial score (nSPS) is 10.6. The van der Waals surface area contributed by atoms with E-state index in [-0.39, 0.29) is 0 Å². The summed E-state index contributed by atoms with van der Waals surface area (Å²) in [6.45, 7) is 5.73. The Kier molecular flexibility index (Phi) is 3.87. The monoisotopic (exact) mass is 245 g/mol. The summed E-state index contributed by atoms with van der Waals surface area (Å²) < 4.78 is 2.14. The van der Waals surface area contributed by atoms with Gasteiger partial charge in [0.1, 0.15) is 5.75 Å². The SMILES string of the molecule is CCCn1cncc1CNc1ccc(C)c(O)c1. The zero-order valence-corrected chi connectivity index (χ0v) is 10.8. The number of phenols is 1. The fourth-order valence-electron chi connectivity index (χ4n) is 1.85. The molecule has 0 aliphatic rings. The van der Waals surface area contributed by atoms with Crippen LogP contribution in [0.5, 0.6) is 5.75 Å². The molecule has 0 atom stereocenters. The van der Waals surface area contributed by atoms with Crippen molar-refractivity contribution in [1.29, 1.82) is 0 Å². The van der Waals surface area contributed by atoms with Crippen molar-refractivity contribution in [2.45, 2.75) is 33.4 Å². The molecule has 0 radical (unpaired) electrons. The average Bonchev–Trinajstić information content (AvgIpc) is 2.79. The molecule has 2 aromatic rings. The van der Waals surface area contributed by atoms with Crippen LogP contribution in [-0.2, 0) is 13.1 Å². The molecule has 0 saturated carbocycles. The van der Waals surface area contributed by atoms with Crippen molar-refractivity contribution in [3.8, 4) is 5.75 Å². The highest BCUT2D eigenvalue weighted by atomic mass is 16.3. The Morgan fingerprint density at radius 1 is 1.39 bits per heavy atom. The number of aryl methyl sites for hydroxylation is 2. The lowest BCUT2D eigenvalue weighted by molar-refractivity contribution is 0.471. The van der Waals surface area contributed by atoms with Crippen LogP contribution < -0.4 is 5.32 Å². The maximum Gasteiger partial charge on any atom is 0.120 e. The highest BCUT2D eigenvalue weighted by molar-refractivity contribution is 5.50. The highest BCUT2D eigenvalue weighted by Crippen LogP contribution is 2.21. The number of aromatic hydroxyl groups is 1. The number of benzene rings is 1. The third-order valence-corrected chi connectivity index (χ3v) is 2.95. The lowest BCUT2D eigenvalue weighted by atomic mass is 10.2. The van der Waals surface area contributed by atoms with Crippen molar-refractivity contribution < 1.29 is 5.11 Å². The van der Waals surface area contributed by atoms with Crippen LogP contribution in [0.2, 0.25) is 0 Å². The van der Waals surface area contributed by atoms with Crippen LogP contribution >= 0.6 is 0 Å². The van der Waals surface area contributed by atoms with Crippen LogP contribution in [0.1, 0.15) is 24.6 Å². The summed E-state index contributed by atoms with van der Waals surface area (Å²) in [5.74, 6) is 0.321. The Bertz CT molecular complexity index is 520. The minimum Gasteiger partial charge on any atom is -0.508 e. The number of rotatable bonds is 5. The van der Waals surface area contributed by atoms with Gasteiger partial charge in [-0.2, -0.15) is 0 Å². The van der Waals surface area contributed by atoms with Crippen LogP contribution in [0.25, 0.3) is 0 Å². The molecule has 1 aromatic carbocycles. The summed E-state index contributed by atoms with van der Waals surface area (Å²) in [6, 6.07) is 5.62. The molecule has 1 heterocycles. The van der Waals surface area contributed by atoms with E-state index in [1.165, 1.54) is 0 Å². The van der Waals surface area contributed by atoms with Crippen LogP contribution in [0.4, 0.5) is 5.69 Å². The van der Waals surface area contributed by atoms with E-state index in [9.17, 15) is 5.11 Å². The van der Waals surface area contributed by atoms with Gasteiger partial charge in [0.25, 0.3) is 0 Å². The van der Waals surface area contributed by atoms with Crippen LogP contribution in [0, 0.1) is 6.92 Å². The molecule has 0 saturated heterocycles. The zero-order chi connectivity index (χ0) is 13.0. The molecule has 96 valence electrons. The van der Waals surface area contributed by atoms with Crippen LogP contribution in [0.15, 0.2) is 30.7 Å². The van der Waals surface area contributed by atoms with Gasteiger partial charge in [0.2, 0.25) is 0 Å². The number of hydrogen-bond acceptors (Lipinski definition) is 3. The Morgan fingerprint density at radius 3 is 2.94 bits per heavy atom. The number of anilines is 1. The van der Waals surface area contributed by atoms with Gasteiger partial charge in [0.05, 0.1) is 18.6 Å². The summed E-state index contributed by atoms with van der Waals surface area (Å²) in [5, 5.41) is 12.9. The first-order valence-electron chi connectivity index (χ1n) is 6.23. The number of aromatic nitrogens is 2. The van der Waals surface area contributed by atoms with E-state index in [1.54, 1.807) is 6.07 Å². The summed E-state index contributed by atoms with van der Waals surface area (Å²) in [5.41, 5.74) is 2.95. The number of phenolic OH excluding ortho intramolecular Hbond substituents is 1. The fourth-order valence-corrected chi connectivity index (χ4v) is 1.85. The highest BCUT2D eigenvalue weighted by Gasteiger charge is 2.02. The summed E-state index contributed by atoms with van der Waals surface area (Å²) in [4.78, 5) is 4.16. The Hall–Kier alpha value is -1.97. The first-order chi connectivity index (χ1) is 8.70. The minimum atomic E-state index is 0.321. The quantitative estimate of drug-likeness (QED) is 0.851. The molecule has 2 N–H and O–H groups in total. The maximum atomic E-state index is 9.64. The van der Waals surface area contributed by atoms with Gasteiger partial charge in [-0.1, -0.05) is 13.0 Å². The standard InChI is InChI=1S/C14H19N3O/c1-3-6-17-10-15-8-13(17)9-16-12-5-4-11(2)14(18)7-12/h4-5,7-8,10,16,18H,3,6,9H2,1-2H3. The van der Waals surface area contributed by atoms with Gasteiger partial charge in [0, 0.05) is 24.5 Å². The lowest BCUT2D eigenvalue weighted by Gasteiger charge is -2.10. The lowest BCUT2D eigenvalue weighted by Crippen LogP contribution is -2.06. The van der Waals surface area contributed by atoms with Gasteiger partial charge in [-0.25, -0.2) is 4.98 Å². The summed E-state index contributed by atoms with van der Waals surface area (Å²) >= 11 is 0. The largest absolute Gasteiger partial charge is 0.508 e. The fraction of sp³-hybridized carbons (Fsp3) is 0.357. The van der Waals surface area contributed by atoms with Gasteiger partial charge in [0.15, 0.2) is 0 Å². The van der Waals surface area contributed by atoms with Gasteiger partial charge < -0.3 is 15.0 Å². The van der Waals surface area contributed by atoms with E-state index in [1.807, 2.05) is 31.6 Å². The molecule has 0 unspecified atom stereocenters. The molecule has 0 aliphatic carbocycles. The molecule has 2 rings (SSSR count). The summed E-state index contributed by atoms with van der Waals surface area (Å²) in [6.07, 6.45) is 4.82. The van der Waals surface area contributed by atoms with Crippen molar-refractivity contribution >= 4 is 5.69 Å². The van der Waals surface area contributed by atoms with Crippen molar-refractivity contribution in [1.82, 2.24) is 9.55 Å². The molecular weight excluding hydrogens is 226 g/mol. The molecule has 0 aliphatic heterocycles. The van der Waals surface area contributed by atoms with Crippen molar-refractivity contribution in [2.75, 3.05) is 5.32 Å². The average molecular weight is 245 g/mol. The molecule has 4 heteroatoms. The Balaban J connectivity index is 2.02. The zero-order valence-electron chi connectivity index (χ0n) is 10.8. The molecule has 1 aromatic heterocycles. The van der Waals surface area contributed by atoms with E-state index in [0.29, 0.717) is 12.3 Å². The van der Waals surface area contributed by atoms with Gasteiger partial charge in [-0.3, -0.25) is 0 Å². The molecular formula is C14H19N3O. The smallest absolute Gasteiger partial charge is 0.120 e. The molecule has 0 fully saturated rings. The number of nitrogens with zero attached hydrogens (tertiary/aromatic N) is 2. The predicted molar refractivity (Wildman–Crippen MR) is 72.7 cm³/mol. The van der Waals surface area contributed by atoms with Crippen LogP contribution in [0.3, 0.4) is 0 Å². The molecule has 0 spiro atoms. The van der Waals surface area contributed by atoms with E-state index < -0.39 is 0 Å². The Labute approximate surface area is 107 Å². The molecule has 18 heavy (non-hydrogen) atoms. The second-order valence-corrected chi connectivity index (χ2v) is 4.43. The first kappa shape index (κ1) is 12.5. The van der Waals surface area contributed by atoms with E-state index in [4.69, 9.17) is 0 Å². The number of nitrogens with one attached hydrogen (secondary N) is 1. The van der Waals surface area contributed by atoms with Crippen molar-refractivity contribution in [3.63, 3.8) is 0 Å². The molecule has 0 bridgehead atoms. The predicted octanol–water partition coefficient (Wildman–Crippen LogP) is 2.92.